The van der Waals surface area contributed by atoms with Gasteiger partial charge in [-0.05, 0) is 37.1 Å². The van der Waals surface area contributed by atoms with E-state index in [4.69, 9.17) is 15.9 Å². The number of thioether (sulfide) groups is 1. The van der Waals surface area contributed by atoms with Gasteiger partial charge in [-0.3, -0.25) is 4.79 Å². The number of aromatic carboxylic acids is 1. The maximum absolute atomic E-state index is 11.1. The number of nitrogens with one attached hydrogen (secondary N) is 2. The van der Waals surface area contributed by atoms with Crippen molar-refractivity contribution < 1.29 is 55.6 Å². The molecule has 0 saturated carbocycles. The summed E-state index contributed by atoms with van der Waals surface area (Å²) in [5.41, 5.74) is 6.17. The number of amides is 2. The van der Waals surface area contributed by atoms with Gasteiger partial charge in [0, 0.05) is 23.1 Å². The van der Waals surface area contributed by atoms with Crippen molar-refractivity contribution in [2.24, 2.45) is 0 Å². The van der Waals surface area contributed by atoms with Crippen LogP contribution in [0.5, 0.6) is 0 Å². The molecule has 2 aliphatic rings. The van der Waals surface area contributed by atoms with Crippen molar-refractivity contribution in [2.45, 2.75) is 43.0 Å². The zero-order valence-corrected chi connectivity index (χ0v) is 18.0. The van der Waals surface area contributed by atoms with Crippen molar-refractivity contribution in [3.63, 3.8) is 0 Å². The van der Waals surface area contributed by atoms with E-state index in [-0.39, 0.29) is 61.1 Å². The number of urea groups is 1. The number of fused-ring (bicyclic) bond motifs is 1. The van der Waals surface area contributed by atoms with E-state index >= 15 is 0 Å². The maximum atomic E-state index is 11.1. The summed E-state index contributed by atoms with van der Waals surface area (Å²) in [7, 11) is 0. The Bertz CT molecular complexity index is 665. The first kappa shape index (κ1) is 23.6. The molecule has 0 radical (unpaired) electrons. The summed E-state index contributed by atoms with van der Waals surface area (Å²) in [5, 5.41) is 23.2. The van der Waals surface area contributed by atoms with E-state index in [1.165, 1.54) is 12.1 Å². The summed E-state index contributed by atoms with van der Waals surface area (Å²) < 4.78 is 0. The minimum atomic E-state index is -0.931. The Hall–Kier alpha value is -1.42. The standard InChI is InChI=1S/C10H16N2O3S.C7H7NO2.Na.H/c13-8(14)4-2-1-3-7-9-6(5-16-7)11-10(15)12-9;8-6-3-1-5(2-4-6)7(9)10;;/h6-7,9H,1-5H2,(H,13,14)(H2,11,12,15);1-4H,8H2,(H,9,10);;/q;;+1;-1/t6-,7-,9-;;;/m0.../s1. The summed E-state index contributed by atoms with van der Waals surface area (Å²) in [6, 6.07) is 6.50. The third kappa shape index (κ3) is 7.61. The zero-order valence-electron chi connectivity index (χ0n) is 16.2. The molecule has 3 rings (SSSR count). The van der Waals surface area contributed by atoms with Crippen molar-refractivity contribution in [2.75, 3.05) is 11.5 Å². The predicted octanol–water partition coefficient (Wildman–Crippen LogP) is -1.12. The molecule has 1 aromatic carbocycles. The third-order valence-electron chi connectivity index (χ3n) is 4.23. The molecule has 0 bridgehead atoms. The Kier molecular flexibility index (Phi) is 10.00. The molecule has 2 heterocycles. The number of carboxylic acid groups (broad SMARTS) is 2. The van der Waals surface area contributed by atoms with Crippen LogP contribution in [0.25, 0.3) is 0 Å². The largest absolute Gasteiger partial charge is 1.00 e. The van der Waals surface area contributed by atoms with Crippen LogP contribution in [0.4, 0.5) is 10.5 Å². The fourth-order valence-electron chi connectivity index (χ4n) is 2.89. The van der Waals surface area contributed by atoms with Crippen LogP contribution in [-0.4, -0.2) is 51.3 Å². The Morgan fingerprint density at radius 2 is 1.85 bits per heavy atom. The Morgan fingerprint density at radius 1 is 1.19 bits per heavy atom. The molecule has 8 nitrogen and oxygen atoms in total. The van der Waals surface area contributed by atoms with Crippen LogP contribution in [-0.2, 0) is 4.79 Å². The molecule has 2 aliphatic heterocycles. The van der Waals surface area contributed by atoms with Crippen molar-refractivity contribution in [3.8, 4) is 0 Å². The van der Waals surface area contributed by atoms with Gasteiger partial charge in [0.2, 0.25) is 0 Å². The topological polar surface area (TPSA) is 142 Å². The van der Waals surface area contributed by atoms with Gasteiger partial charge < -0.3 is 28.0 Å². The van der Waals surface area contributed by atoms with E-state index in [0.717, 1.165) is 25.0 Å². The molecular weight excluding hydrogens is 381 g/mol. The van der Waals surface area contributed by atoms with Crippen LogP contribution in [0, 0.1) is 0 Å². The number of nitrogen functional groups attached to an aromatic ring is 1. The first-order valence-electron chi connectivity index (χ1n) is 8.36. The summed E-state index contributed by atoms with van der Waals surface area (Å²) in [6.45, 7) is 0. The van der Waals surface area contributed by atoms with Gasteiger partial charge in [-0.1, -0.05) is 6.42 Å². The molecule has 1 aromatic rings. The Morgan fingerprint density at radius 3 is 2.44 bits per heavy atom. The molecular formula is C17H24N3NaO5S. The van der Waals surface area contributed by atoms with Crippen LogP contribution < -0.4 is 45.9 Å². The fraction of sp³-hybridized carbons (Fsp3) is 0.471. The number of hydrogen-bond acceptors (Lipinski definition) is 5. The molecule has 6 N–H and O–H groups in total. The average Bonchev–Trinajstić information content (AvgIpc) is 3.12. The van der Waals surface area contributed by atoms with Gasteiger partial charge >= 0.3 is 47.5 Å². The van der Waals surface area contributed by atoms with E-state index in [2.05, 4.69) is 10.6 Å². The second kappa shape index (κ2) is 11.4. The Balaban J connectivity index is 0.000000532. The summed E-state index contributed by atoms with van der Waals surface area (Å²) >= 11 is 1.87. The second-order valence-electron chi connectivity index (χ2n) is 6.19. The second-order valence-corrected chi connectivity index (χ2v) is 7.46. The van der Waals surface area contributed by atoms with Crippen molar-refractivity contribution in [3.05, 3.63) is 29.8 Å². The summed E-state index contributed by atoms with van der Waals surface area (Å²) in [6.07, 6.45) is 2.88. The van der Waals surface area contributed by atoms with Crippen LogP contribution in [0.3, 0.4) is 0 Å². The van der Waals surface area contributed by atoms with E-state index < -0.39 is 11.9 Å². The zero-order chi connectivity index (χ0) is 19.1. The van der Waals surface area contributed by atoms with Gasteiger partial charge in [0.25, 0.3) is 0 Å². The molecule has 0 unspecified atom stereocenters. The van der Waals surface area contributed by atoms with Gasteiger partial charge in [0.05, 0.1) is 17.6 Å². The van der Waals surface area contributed by atoms with Gasteiger partial charge in [0.15, 0.2) is 0 Å². The minimum Gasteiger partial charge on any atom is -1.00 e. The van der Waals surface area contributed by atoms with Gasteiger partial charge in [-0.2, -0.15) is 11.8 Å². The molecule has 27 heavy (non-hydrogen) atoms. The van der Waals surface area contributed by atoms with E-state index in [0.29, 0.717) is 10.9 Å². The molecule has 0 aliphatic carbocycles. The number of hydrogen-bond donors (Lipinski definition) is 5. The van der Waals surface area contributed by atoms with Crippen molar-refractivity contribution in [1.82, 2.24) is 10.6 Å². The van der Waals surface area contributed by atoms with E-state index in [1.807, 2.05) is 11.8 Å². The number of benzene rings is 1. The number of aliphatic carboxylic acids is 1. The molecule has 2 fully saturated rings. The minimum absolute atomic E-state index is 0. The number of nitrogens with two attached hydrogens (primary N) is 1. The smallest absolute Gasteiger partial charge is 1.00 e. The average molecular weight is 405 g/mol. The van der Waals surface area contributed by atoms with Gasteiger partial charge in [-0.15, -0.1) is 0 Å². The van der Waals surface area contributed by atoms with Crippen LogP contribution in [0.15, 0.2) is 24.3 Å². The first-order chi connectivity index (χ1) is 12.4. The monoisotopic (exact) mass is 405 g/mol. The molecule has 144 valence electrons. The molecule has 3 atom stereocenters. The maximum Gasteiger partial charge on any atom is 1.00 e. The molecule has 2 amide bonds. The number of anilines is 1. The summed E-state index contributed by atoms with van der Waals surface area (Å²) in [4.78, 5) is 31.7. The number of carboxylic acids is 2. The predicted molar refractivity (Wildman–Crippen MR) is 101 cm³/mol. The van der Waals surface area contributed by atoms with E-state index in [1.54, 1.807) is 12.1 Å². The quantitative estimate of drug-likeness (QED) is 0.175. The van der Waals surface area contributed by atoms with Crippen molar-refractivity contribution >= 4 is 35.4 Å². The fourth-order valence-corrected chi connectivity index (χ4v) is 4.43. The van der Waals surface area contributed by atoms with Crippen LogP contribution in [0.2, 0.25) is 0 Å². The van der Waals surface area contributed by atoms with Crippen LogP contribution >= 0.6 is 11.8 Å². The Labute approximate surface area is 185 Å². The van der Waals surface area contributed by atoms with E-state index in [9.17, 15) is 14.4 Å². The molecule has 0 aromatic heterocycles. The SMILES string of the molecule is Nc1ccc(C(=O)O)cc1.O=C(O)CCCC[C@@H]1SC[C@@H]2NC(=O)N[C@@H]21.[H-].[Na+]. The number of rotatable bonds is 6. The molecule has 10 heteroatoms. The van der Waals surface area contributed by atoms with Gasteiger partial charge in [0.1, 0.15) is 0 Å². The third-order valence-corrected chi connectivity index (χ3v) is 5.73. The number of carbonyl (C=O) groups is 3. The first-order valence-corrected chi connectivity index (χ1v) is 9.41. The number of carbonyl (C=O) groups excluding carboxylic acids is 1. The van der Waals surface area contributed by atoms with Crippen molar-refractivity contribution in [1.29, 1.82) is 0 Å². The van der Waals surface area contributed by atoms with Gasteiger partial charge in [-0.25, -0.2) is 9.59 Å². The number of unbranched alkanes of at least 4 members (excludes halogenated alkanes) is 1. The molecule has 0 spiro atoms. The molecule has 2 saturated heterocycles. The summed E-state index contributed by atoms with van der Waals surface area (Å²) in [5.74, 6) is -0.694. The normalized spacial score (nSPS) is 22.4. The van der Waals surface area contributed by atoms with Crippen LogP contribution in [0.1, 0.15) is 37.5 Å².